The van der Waals surface area contributed by atoms with E-state index in [2.05, 4.69) is 10.3 Å². The van der Waals surface area contributed by atoms with Gasteiger partial charge in [-0.1, -0.05) is 18.2 Å². The first-order chi connectivity index (χ1) is 15.8. The van der Waals surface area contributed by atoms with Gasteiger partial charge in [0.25, 0.3) is 0 Å². The fourth-order valence-corrected chi connectivity index (χ4v) is 4.44. The number of hydrogen-bond donors (Lipinski definition) is 4. The molecule has 2 heterocycles. The minimum Gasteiger partial charge on any atom is -0.504 e. The Morgan fingerprint density at radius 3 is 2.64 bits per heavy atom. The molecule has 6 nitrogen and oxygen atoms in total. The number of benzene rings is 2. The Labute approximate surface area is 190 Å². The number of rotatable bonds is 9. The van der Waals surface area contributed by atoms with Crippen LogP contribution in [0.2, 0.25) is 0 Å². The monoisotopic (exact) mass is 465 g/mol. The number of phenols is 1. The van der Waals surface area contributed by atoms with Crippen LogP contribution in [0.1, 0.15) is 19.3 Å². The first-order valence-corrected chi connectivity index (χ1v) is 11.3. The third-order valence-corrected chi connectivity index (χ3v) is 6.25. The number of aromatic hydroxyl groups is 1. The molecule has 0 amide bonds. The van der Waals surface area contributed by atoms with Crippen molar-refractivity contribution in [1.29, 1.82) is 0 Å². The van der Waals surface area contributed by atoms with Crippen LogP contribution in [0.5, 0.6) is 11.5 Å². The molecule has 0 saturated carbocycles. The summed E-state index contributed by atoms with van der Waals surface area (Å²) in [6.45, 7) is 2.46. The molecule has 180 valence electrons. The fourth-order valence-electron chi connectivity index (χ4n) is 4.44. The number of piperidine rings is 1. The van der Waals surface area contributed by atoms with Crippen LogP contribution in [0.15, 0.2) is 36.4 Å². The van der Waals surface area contributed by atoms with Crippen molar-refractivity contribution >= 4 is 21.8 Å². The smallest absolute Gasteiger partial charge is 0.390 e. The van der Waals surface area contributed by atoms with E-state index in [1.54, 1.807) is 12.1 Å². The van der Waals surface area contributed by atoms with Crippen molar-refractivity contribution in [2.24, 2.45) is 5.92 Å². The highest BCUT2D eigenvalue weighted by atomic mass is 19.4. The maximum Gasteiger partial charge on any atom is 0.390 e. The third-order valence-electron chi connectivity index (χ3n) is 6.25. The second kappa shape index (κ2) is 10.2. The first-order valence-electron chi connectivity index (χ1n) is 11.3. The maximum atomic E-state index is 12.4. The summed E-state index contributed by atoms with van der Waals surface area (Å²) in [6.07, 6.45) is -3.95. The van der Waals surface area contributed by atoms with E-state index in [1.807, 2.05) is 29.2 Å². The van der Waals surface area contributed by atoms with E-state index in [0.717, 1.165) is 34.6 Å². The molecule has 0 radical (unpaired) electrons. The first kappa shape index (κ1) is 23.7. The van der Waals surface area contributed by atoms with Crippen LogP contribution in [0.3, 0.4) is 0 Å². The molecule has 0 bridgehead atoms. The van der Waals surface area contributed by atoms with Gasteiger partial charge in [-0.15, -0.1) is 0 Å². The summed E-state index contributed by atoms with van der Waals surface area (Å²) in [7, 11) is 0. The standard InChI is InChI=1S/C24H30F3N3O3/c25-24(26,27)9-12-30-10-7-16(8-11-30)13-28-14-17(31)15-33-23-21(32)6-5-20-22(23)18-3-1-2-4-19(18)29-20/h1-6,16-17,28-29,31-32H,7-15H2/t17-/m1/s1. The van der Waals surface area contributed by atoms with E-state index in [0.29, 0.717) is 37.8 Å². The van der Waals surface area contributed by atoms with Crippen LogP contribution in [0.25, 0.3) is 21.8 Å². The fraction of sp³-hybridized carbons (Fsp3) is 0.500. The minimum absolute atomic E-state index is 0.0182. The second-order valence-corrected chi connectivity index (χ2v) is 8.78. The summed E-state index contributed by atoms with van der Waals surface area (Å²) >= 11 is 0. The Hall–Kier alpha value is -2.49. The van der Waals surface area contributed by atoms with Gasteiger partial charge in [0, 0.05) is 24.0 Å². The van der Waals surface area contributed by atoms with Gasteiger partial charge in [0.1, 0.15) is 12.7 Å². The van der Waals surface area contributed by atoms with E-state index >= 15 is 0 Å². The largest absolute Gasteiger partial charge is 0.504 e. The number of aliphatic hydroxyl groups excluding tert-OH is 1. The van der Waals surface area contributed by atoms with Crippen LogP contribution in [0.4, 0.5) is 13.2 Å². The van der Waals surface area contributed by atoms with Crippen molar-refractivity contribution in [2.75, 3.05) is 39.3 Å². The van der Waals surface area contributed by atoms with Crippen molar-refractivity contribution < 1.29 is 28.1 Å². The number of fused-ring (bicyclic) bond motifs is 3. The molecule has 1 aromatic heterocycles. The van der Waals surface area contributed by atoms with Gasteiger partial charge in [0.05, 0.1) is 17.3 Å². The number of likely N-dealkylation sites (tertiary alicyclic amines) is 1. The van der Waals surface area contributed by atoms with Crippen molar-refractivity contribution in [1.82, 2.24) is 15.2 Å². The summed E-state index contributed by atoms with van der Waals surface area (Å²) in [5.74, 6) is 0.740. The highest BCUT2D eigenvalue weighted by Crippen LogP contribution is 2.39. The van der Waals surface area contributed by atoms with E-state index in [4.69, 9.17) is 4.74 Å². The average Bonchev–Trinajstić information content (AvgIpc) is 3.16. The van der Waals surface area contributed by atoms with Crippen LogP contribution in [-0.4, -0.2) is 71.7 Å². The molecule has 1 atom stereocenters. The molecule has 1 aliphatic heterocycles. The number of nitrogens with zero attached hydrogens (tertiary/aromatic N) is 1. The molecule has 1 aliphatic rings. The maximum absolute atomic E-state index is 12.4. The summed E-state index contributed by atoms with van der Waals surface area (Å²) in [5, 5.41) is 25.7. The molecule has 0 unspecified atom stereocenters. The van der Waals surface area contributed by atoms with Gasteiger partial charge in [-0.2, -0.15) is 13.2 Å². The zero-order valence-electron chi connectivity index (χ0n) is 18.4. The Balaban J connectivity index is 1.23. The predicted molar refractivity (Wildman–Crippen MR) is 122 cm³/mol. The van der Waals surface area contributed by atoms with E-state index in [9.17, 15) is 23.4 Å². The quantitative estimate of drug-likeness (QED) is 0.384. The number of nitrogens with one attached hydrogen (secondary N) is 2. The molecule has 9 heteroatoms. The van der Waals surface area contributed by atoms with Gasteiger partial charge in [-0.3, -0.25) is 0 Å². The molecule has 1 fully saturated rings. The molecular weight excluding hydrogens is 435 g/mol. The van der Waals surface area contributed by atoms with Crippen LogP contribution in [-0.2, 0) is 0 Å². The summed E-state index contributed by atoms with van der Waals surface area (Å²) in [6, 6.07) is 11.1. The number of aromatic amines is 1. The molecule has 33 heavy (non-hydrogen) atoms. The van der Waals surface area contributed by atoms with Crippen molar-refractivity contribution in [2.45, 2.75) is 31.5 Å². The normalized spacial score (nSPS) is 17.1. The highest BCUT2D eigenvalue weighted by Gasteiger charge is 2.29. The van der Waals surface area contributed by atoms with Gasteiger partial charge in [0.2, 0.25) is 0 Å². The zero-order valence-corrected chi connectivity index (χ0v) is 18.4. The Morgan fingerprint density at radius 2 is 1.88 bits per heavy atom. The summed E-state index contributed by atoms with van der Waals surface area (Å²) in [4.78, 5) is 5.16. The third kappa shape index (κ3) is 6.10. The molecule has 4 N–H and O–H groups in total. The lowest BCUT2D eigenvalue weighted by Gasteiger charge is -2.32. The Bertz CT molecular complexity index is 1060. The molecule has 1 saturated heterocycles. The second-order valence-electron chi connectivity index (χ2n) is 8.78. The van der Waals surface area contributed by atoms with Crippen LogP contribution >= 0.6 is 0 Å². The SMILES string of the molecule is Oc1ccc2[nH]c3ccccc3c2c1OC[C@H](O)CNCC1CCN(CCC(F)(F)F)CC1. The summed E-state index contributed by atoms with van der Waals surface area (Å²) in [5.41, 5.74) is 1.79. The van der Waals surface area contributed by atoms with Gasteiger partial charge >= 0.3 is 6.18 Å². The highest BCUT2D eigenvalue weighted by molar-refractivity contribution is 6.11. The number of alkyl halides is 3. The molecule has 4 rings (SSSR count). The topological polar surface area (TPSA) is 80.8 Å². The van der Waals surface area contributed by atoms with Crippen molar-refractivity contribution in [3.05, 3.63) is 36.4 Å². The van der Waals surface area contributed by atoms with Crippen LogP contribution < -0.4 is 10.1 Å². The number of para-hydroxylation sites is 1. The number of ether oxygens (including phenoxy) is 1. The van der Waals surface area contributed by atoms with Gasteiger partial charge in [-0.05, 0) is 56.6 Å². The molecular formula is C24H30F3N3O3. The molecule has 2 aromatic carbocycles. The van der Waals surface area contributed by atoms with Crippen LogP contribution in [0, 0.1) is 5.92 Å². The average molecular weight is 466 g/mol. The number of phenolic OH excluding ortho intramolecular Hbond substituents is 1. The van der Waals surface area contributed by atoms with Crippen molar-refractivity contribution in [3.8, 4) is 11.5 Å². The lowest BCUT2D eigenvalue weighted by atomic mass is 9.96. The molecule has 0 spiro atoms. The van der Waals surface area contributed by atoms with E-state index in [-0.39, 0.29) is 18.9 Å². The van der Waals surface area contributed by atoms with Gasteiger partial charge in [-0.25, -0.2) is 0 Å². The lowest BCUT2D eigenvalue weighted by Crippen LogP contribution is -2.40. The number of aromatic nitrogens is 1. The Kier molecular flexibility index (Phi) is 7.31. The number of halogens is 3. The molecule has 0 aliphatic carbocycles. The summed E-state index contributed by atoms with van der Waals surface area (Å²) < 4.78 is 42.9. The van der Waals surface area contributed by atoms with Crippen molar-refractivity contribution in [3.63, 3.8) is 0 Å². The number of H-pyrrole nitrogens is 1. The predicted octanol–water partition coefficient (Wildman–Crippen LogP) is 4.02. The van der Waals surface area contributed by atoms with E-state index < -0.39 is 18.7 Å². The van der Waals surface area contributed by atoms with Gasteiger partial charge in [0.15, 0.2) is 11.5 Å². The lowest BCUT2D eigenvalue weighted by molar-refractivity contribution is -0.138. The number of hydrogen-bond acceptors (Lipinski definition) is 5. The van der Waals surface area contributed by atoms with Gasteiger partial charge < -0.3 is 30.2 Å². The number of aliphatic hydroxyl groups is 1. The zero-order chi connectivity index (χ0) is 23.4. The Morgan fingerprint density at radius 1 is 1.12 bits per heavy atom. The van der Waals surface area contributed by atoms with E-state index in [1.165, 1.54) is 0 Å². The molecule has 3 aromatic rings. The minimum atomic E-state index is -4.10.